The first-order valence-electron chi connectivity index (χ1n) is 9.12. The van der Waals surface area contributed by atoms with Gasteiger partial charge in [-0.1, -0.05) is 19.9 Å². The van der Waals surface area contributed by atoms with Crippen LogP contribution >= 0.6 is 11.3 Å². The lowest BCUT2D eigenvalue weighted by atomic mass is 10.1. The van der Waals surface area contributed by atoms with Gasteiger partial charge in [-0.3, -0.25) is 14.3 Å². The molecule has 6 nitrogen and oxygen atoms in total. The molecule has 0 spiro atoms. The Kier molecular flexibility index (Phi) is 6.08. The first-order valence-corrected chi connectivity index (χ1v) is 10.00. The van der Waals surface area contributed by atoms with Crippen molar-refractivity contribution >= 4 is 23.2 Å². The van der Waals surface area contributed by atoms with E-state index in [2.05, 4.69) is 16.5 Å². The van der Waals surface area contributed by atoms with Gasteiger partial charge in [-0.15, -0.1) is 11.3 Å². The highest BCUT2D eigenvalue weighted by atomic mass is 32.1. The third-order valence-electron chi connectivity index (χ3n) is 4.51. The predicted octanol–water partition coefficient (Wildman–Crippen LogP) is 2.62. The second-order valence-electron chi connectivity index (χ2n) is 7.18. The van der Waals surface area contributed by atoms with Crippen molar-refractivity contribution in [1.82, 2.24) is 20.0 Å². The van der Waals surface area contributed by atoms with Crippen LogP contribution in [0.15, 0.2) is 29.8 Å². The number of hydrogen-bond acceptors (Lipinski definition) is 4. The number of hydrogen-bond donors (Lipinski definition) is 1. The van der Waals surface area contributed by atoms with Gasteiger partial charge in [0, 0.05) is 30.6 Å². The molecule has 0 saturated heterocycles. The maximum Gasteiger partial charge on any atom is 0.223 e. The normalized spacial score (nSPS) is 16.6. The standard InChI is InChI=1S/C19H26N4O2S/c1-14(2)10-19(25)22-12-15-5-8-21-23(15)16(13-22)11-18(24)20-7-6-17-4-3-9-26-17/h3-5,8-9,14,16H,6-7,10-13H2,1-2H3,(H,20,24). The summed E-state index contributed by atoms with van der Waals surface area (Å²) in [5, 5.41) is 9.40. The van der Waals surface area contributed by atoms with Crippen LogP contribution in [0.4, 0.5) is 0 Å². The summed E-state index contributed by atoms with van der Waals surface area (Å²) in [6, 6.07) is 5.92. The Bertz CT molecular complexity index is 739. The third kappa shape index (κ3) is 4.72. The van der Waals surface area contributed by atoms with E-state index in [4.69, 9.17) is 0 Å². The van der Waals surface area contributed by atoms with Gasteiger partial charge in [0.15, 0.2) is 0 Å². The Morgan fingerprint density at radius 2 is 2.23 bits per heavy atom. The molecule has 0 aromatic carbocycles. The molecule has 3 rings (SSSR count). The van der Waals surface area contributed by atoms with E-state index < -0.39 is 0 Å². The molecule has 7 heteroatoms. The summed E-state index contributed by atoms with van der Waals surface area (Å²) < 4.78 is 1.90. The number of nitrogens with one attached hydrogen (secondary N) is 1. The zero-order valence-corrected chi connectivity index (χ0v) is 16.2. The van der Waals surface area contributed by atoms with Crippen molar-refractivity contribution in [2.45, 2.75) is 45.7 Å². The van der Waals surface area contributed by atoms with Gasteiger partial charge >= 0.3 is 0 Å². The predicted molar refractivity (Wildman–Crippen MR) is 102 cm³/mol. The number of carbonyl (C=O) groups excluding carboxylic acids is 2. The fraction of sp³-hybridized carbons (Fsp3) is 0.526. The lowest BCUT2D eigenvalue weighted by molar-refractivity contribution is -0.135. The minimum absolute atomic E-state index is 0.00571. The minimum Gasteiger partial charge on any atom is -0.356 e. The molecule has 1 unspecified atom stereocenters. The average Bonchev–Trinajstić information content (AvgIpc) is 3.25. The molecule has 0 aliphatic carbocycles. The largest absolute Gasteiger partial charge is 0.356 e. The molecule has 3 heterocycles. The van der Waals surface area contributed by atoms with Crippen molar-refractivity contribution < 1.29 is 9.59 Å². The molecule has 0 radical (unpaired) electrons. The van der Waals surface area contributed by atoms with Gasteiger partial charge in [-0.2, -0.15) is 5.10 Å². The Morgan fingerprint density at radius 1 is 1.38 bits per heavy atom. The molecule has 140 valence electrons. The molecule has 2 aromatic rings. The quantitative estimate of drug-likeness (QED) is 0.810. The number of aromatic nitrogens is 2. The first-order chi connectivity index (χ1) is 12.5. The smallest absolute Gasteiger partial charge is 0.223 e. The monoisotopic (exact) mass is 374 g/mol. The van der Waals surface area contributed by atoms with Crippen LogP contribution in [-0.4, -0.2) is 39.6 Å². The topological polar surface area (TPSA) is 67.2 Å². The van der Waals surface area contributed by atoms with Gasteiger partial charge in [0.25, 0.3) is 0 Å². The second-order valence-corrected chi connectivity index (χ2v) is 8.21. The van der Waals surface area contributed by atoms with Crippen LogP contribution in [0.2, 0.25) is 0 Å². The van der Waals surface area contributed by atoms with Gasteiger partial charge < -0.3 is 10.2 Å². The Balaban J connectivity index is 1.57. The zero-order valence-electron chi connectivity index (χ0n) is 15.4. The number of thiophene rings is 1. The molecular formula is C19H26N4O2S. The first kappa shape index (κ1) is 18.6. The summed E-state index contributed by atoms with van der Waals surface area (Å²) in [6.07, 6.45) is 3.46. The Hall–Kier alpha value is -2.15. The van der Waals surface area contributed by atoms with Crippen LogP contribution in [0.25, 0.3) is 0 Å². The average molecular weight is 375 g/mol. The molecule has 1 aliphatic heterocycles. The fourth-order valence-electron chi connectivity index (χ4n) is 3.27. The van der Waals surface area contributed by atoms with Crippen molar-refractivity contribution in [1.29, 1.82) is 0 Å². The van der Waals surface area contributed by atoms with Crippen LogP contribution in [-0.2, 0) is 22.6 Å². The van der Waals surface area contributed by atoms with E-state index in [0.29, 0.717) is 38.4 Å². The summed E-state index contributed by atoms with van der Waals surface area (Å²) in [6.45, 7) is 5.84. The number of amides is 2. The minimum atomic E-state index is -0.105. The van der Waals surface area contributed by atoms with Crippen molar-refractivity contribution in [2.24, 2.45) is 5.92 Å². The van der Waals surface area contributed by atoms with Crippen LogP contribution in [0.1, 0.15) is 43.3 Å². The van der Waals surface area contributed by atoms with Crippen molar-refractivity contribution in [3.05, 3.63) is 40.3 Å². The second kappa shape index (κ2) is 8.49. The van der Waals surface area contributed by atoms with Crippen LogP contribution in [0, 0.1) is 5.92 Å². The molecule has 0 bridgehead atoms. The highest BCUT2D eigenvalue weighted by Crippen LogP contribution is 2.24. The molecule has 1 atom stereocenters. The van der Waals surface area contributed by atoms with E-state index >= 15 is 0 Å². The van der Waals surface area contributed by atoms with Crippen molar-refractivity contribution in [3.8, 4) is 0 Å². The van der Waals surface area contributed by atoms with Crippen molar-refractivity contribution in [2.75, 3.05) is 13.1 Å². The summed E-state index contributed by atoms with van der Waals surface area (Å²) in [5.74, 6) is 0.482. The Morgan fingerprint density at radius 3 is 2.96 bits per heavy atom. The molecule has 1 aliphatic rings. The molecule has 0 saturated carbocycles. The highest BCUT2D eigenvalue weighted by molar-refractivity contribution is 7.09. The van der Waals surface area contributed by atoms with Crippen LogP contribution < -0.4 is 5.32 Å². The number of nitrogens with zero attached hydrogens (tertiary/aromatic N) is 3. The fourth-order valence-corrected chi connectivity index (χ4v) is 3.98. The van der Waals surface area contributed by atoms with Crippen molar-refractivity contribution in [3.63, 3.8) is 0 Å². The lowest BCUT2D eigenvalue weighted by Crippen LogP contribution is -2.43. The molecule has 1 N–H and O–H groups in total. The molecule has 2 amide bonds. The summed E-state index contributed by atoms with van der Waals surface area (Å²) in [5.41, 5.74) is 0.991. The summed E-state index contributed by atoms with van der Waals surface area (Å²) in [4.78, 5) is 28.0. The Labute approximate surface area is 158 Å². The van der Waals surface area contributed by atoms with E-state index in [1.165, 1.54) is 4.88 Å². The third-order valence-corrected chi connectivity index (χ3v) is 5.45. The zero-order chi connectivity index (χ0) is 18.5. The molecular weight excluding hydrogens is 348 g/mol. The molecule has 26 heavy (non-hydrogen) atoms. The van der Waals surface area contributed by atoms with Gasteiger partial charge in [0.2, 0.25) is 11.8 Å². The maximum absolute atomic E-state index is 12.5. The number of rotatable bonds is 7. The van der Waals surface area contributed by atoms with Crippen LogP contribution in [0.5, 0.6) is 0 Å². The lowest BCUT2D eigenvalue weighted by Gasteiger charge is -2.34. The summed E-state index contributed by atoms with van der Waals surface area (Å²) in [7, 11) is 0. The van der Waals surface area contributed by atoms with Gasteiger partial charge in [0.05, 0.1) is 24.7 Å². The highest BCUT2D eigenvalue weighted by Gasteiger charge is 2.29. The van der Waals surface area contributed by atoms with E-state index in [-0.39, 0.29) is 17.9 Å². The van der Waals surface area contributed by atoms with Crippen LogP contribution in [0.3, 0.4) is 0 Å². The van der Waals surface area contributed by atoms with E-state index in [1.807, 2.05) is 40.9 Å². The maximum atomic E-state index is 12.5. The summed E-state index contributed by atoms with van der Waals surface area (Å²) >= 11 is 1.70. The van der Waals surface area contributed by atoms with Gasteiger partial charge in [-0.05, 0) is 29.9 Å². The van der Waals surface area contributed by atoms with E-state index in [1.54, 1.807) is 17.5 Å². The SMILES string of the molecule is CC(C)CC(=O)N1Cc2ccnn2C(CC(=O)NCCc2cccs2)C1. The number of carbonyl (C=O) groups is 2. The number of fused-ring (bicyclic) bond motifs is 1. The van der Waals surface area contributed by atoms with E-state index in [9.17, 15) is 9.59 Å². The molecule has 0 fully saturated rings. The molecule has 2 aromatic heterocycles. The van der Waals surface area contributed by atoms with Gasteiger partial charge in [-0.25, -0.2) is 0 Å². The van der Waals surface area contributed by atoms with Gasteiger partial charge in [0.1, 0.15) is 0 Å². The van der Waals surface area contributed by atoms with E-state index in [0.717, 1.165) is 12.1 Å².